The van der Waals surface area contributed by atoms with Gasteiger partial charge in [-0.25, -0.2) is 18.7 Å². The zero-order chi connectivity index (χ0) is 23.4. The second-order valence-corrected chi connectivity index (χ2v) is 8.17. The van der Waals surface area contributed by atoms with E-state index in [0.29, 0.717) is 29.8 Å². The Bertz CT molecular complexity index is 1180. The van der Waals surface area contributed by atoms with Crippen LogP contribution in [0.15, 0.2) is 53.6 Å². The van der Waals surface area contributed by atoms with E-state index in [-0.39, 0.29) is 36.2 Å². The lowest BCUT2D eigenvalue weighted by Gasteiger charge is -2.26. The molecule has 0 unspecified atom stereocenters. The number of hydrogen-bond acceptors (Lipinski definition) is 6. The van der Waals surface area contributed by atoms with E-state index in [1.807, 2.05) is 0 Å². The molecule has 0 aliphatic carbocycles. The first-order chi connectivity index (χ1) is 16.0. The van der Waals surface area contributed by atoms with Gasteiger partial charge in [-0.05, 0) is 42.7 Å². The van der Waals surface area contributed by atoms with Crippen molar-refractivity contribution in [2.45, 2.75) is 31.1 Å². The fourth-order valence-electron chi connectivity index (χ4n) is 3.84. The van der Waals surface area contributed by atoms with Gasteiger partial charge in [0.05, 0.1) is 29.4 Å². The average Bonchev–Trinajstić information content (AvgIpc) is 2.81. The fourth-order valence-corrected chi connectivity index (χ4v) is 3.95. The lowest BCUT2D eigenvalue weighted by Crippen LogP contribution is -2.39. The number of aromatic nitrogens is 3. The van der Waals surface area contributed by atoms with Crippen LogP contribution in [0.25, 0.3) is 11.3 Å². The van der Waals surface area contributed by atoms with Gasteiger partial charge in [0.2, 0.25) is 5.95 Å². The molecule has 10 heteroatoms. The van der Waals surface area contributed by atoms with Gasteiger partial charge in [0.25, 0.3) is 5.56 Å². The molecule has 3 aromatic rings. The number of anilines is 1. The van der Waals surface area contributed by atoms with Crippen LogP contribution in [-0.4, -0.2) is 51.7 Å². The molecule has 1 aliphatic rings. The molecule has 174 valence electrons. The van der Waals surface area contributed by atoms with E-state index in [1.165, 1.54) is 29.0 Å². The Morgan fingerprint density at radius 3 is 2.88 bits per heavy atom. The summed E-state index contributed by atoms with van der Waals surface area (Å²) in [4.78, 5) is 21.5. The number of rotatable bonds is 7. The molecule has 33 heavy (non-hydrogen) atoms. The normalized spacial score (nSPS) is 19.3. The van der Waals surface area contributed by atoms with Crippen LogP contribution in [-0.2, 0) is 4.74 Å². The minimum absolute atomic E-state index is 0.0165. The van der Waals surface area contributed by atoms with Gasteiger partial charge in [-0.2, -0.15) is 0 Å². The summed E-state index contributed by atoms with van der Waals surface area (Å²) in [5.74, 6) is -0.330. The highest BCUT2D eigenvalue weighted by atomic mass is 35.5. The highest BCUT2D eigenvalue weighted by Gasteiger charge is 2.26. The first-order valence-electron chi connectivity index (χ1n) is 10.6. The number of pyridine rings is 1. The summed E-state index contributed by atoms with van der Waals surface area (Å²) < 4.78 is 34.6. The summed E-state index contributed by atoms with van der Waals surface area (Å²) in [6.07, 6.45) is 2.68. The third kappa shape index (κ3) is 5.38. The lowest BCUT2D eigenvalue weighted by molar-refractivity contribution is 0.0284. The van der Waals surface area contributed by atoms with Crippen LogP contribution in [0, 0.1) is 5.82 Å². The molecule has 4 rings (SSSR count). The van der Waals surface area contributed by atoms with Crippen LogP contribution in [0.3, 0.4) is 0 Å². The van der Waals surface area contributed by atoms with Crippen molar-refractivity contribution >= 4 is 17.5 Å². The molecular weight excluding hydrogens is 454 g/mol. The second kappa shape index (κ2) is 10.4. The number of alkyl halides is 1. The third-order valence-electron chi connectivity index (χ3n) is 5.57. The van der Waals surface area contributed by atoms with Crippen molar-refractivity contribution in [2.75, 3.05) is 25.1 Å². The Morgan fingerprint density at radius 1 is 1.30 bits per heavy atom. The largest absolute Gasteiger partial charge is 0.396 e. The van der Waals surface area contributed by atoms with Crippen LogP contribution < -0.4 is 10.9 Å². The summed E-state index contributed by atoms with van der Waals surface area (Å²) >= 11 is 5.77. The van der Waals surface area contributed by atoms with E-state index < -0.39 is 24.1 Å². The maximum absolute atomic E-state index is 14.0. The van der Waals surface area contributed by atoms with Crippen molar-refractivity contribution in [1.82, 2.24) is 14.5 Å². The Balaban J connectivity index is 1.60. The zero-order valence-corrected chi connectivity index (χ0v) is 18.4. The van der Waals surface area contributed by atoms with E-state index >= 15 is 0 Å². The van der Waals surface area contributed by atoms with E-state index in [1.54, 1.807) is 24.4 Å². The molecule has 3 heterocycles. The molecule has 1 aliphatic heterocycles. The first kappa shape index (κ1) is 23.3. The second-order valence-electron chi connectivity index (χ2n) is 7.76. The van der Waals surface area contributed by atoms with Crippen LogP contribution in [0.4, 0.5) is 14.7 Å². The van der Waals surface area contributed by atoms with Gasteiger partial charge in [-0.15, -0.1) is 0 Å². The number of benzene rings is 1. The SMILES string of the molecule is O=c1cc(-c2ccnc(N[C@H]3CCOC[C@H]3F)n2)ccn1[C@H](CCO)c1ccc(Cl)c(F)c1. The van der Waals surface area contributed by atoms with Crippen molar-refractivity contribution in [3.63, 3.8) is 0 Å². The third-order valence-corrected chi connectivity index (χ3v) is 5.87. The molecule has 1 saturated heterocycles. The number of aliphatic hydroxyl groups excluding tert-OH is 1. The quantitative estimate of drug-likeness (QED) is 0.541. The summed E-state index contributed by atoms with van der Waals surface area (Å²) in [6.45, 7) is 0.302. The fraction of sp³-hybridized carbons (Fsp3) is 0.348. The monoisotopic (exact) mass is 476 g/mol. The highest BCUT2D eigenvalue weighted by molar-refractivity contribution is 6.30. The molecular formula is C23H23ClF2N4O3. The lowest BCUT2D eigenvalue weighted by atomic mass is 10.0. The maximum atomic E-state index is 14.0. The van der Waals surface area contributed by atoms with E-state index in [9.17, 15) is 18.7 Å². The van der Waals surface area contributed by atoms with E-state index in [0.717, 1.165) is 0 Å². The number of nitrogens with zero attached hydrogens (tertiary/aromatic N) is 3. The van der Waals surface area contributed by atoms with Crippen LogP contribution in [0.5, 0.6) is 0 Å². The molecule has 1 fully saturated rings. The molecule has 1 aromatic carbocycles. The Morgan fingerprint density at radius 2 is 2.15 bits per heavy atom. The van der Waals surface area contributed by atoms with Gasteiger partial charge in [-0.3, -0.25) is 4.79 Å². The van der Waals surface area contributed by atoms with Gasteiger partial charge in [0.1, 0.15) is 12.0 Å². The number of hydrogen-bond donors (Lipinski definition) is 2. The van der Waals surface area contributed by atoms with Crippen LogP contribution in [0.2, 0.25) is 5.02 Å². The molecule has 0 amide bonds. The molecule has 3 atom stereocenters. The molecule has 0 spiro atoms. The summed E-state index contributed by atoms with van der Waals surface area (Å²) in [6, 6.07) is 8.07. The summed E-state index contributed by atoms with van der Waals surface area (Å²) in [7, 11) is 0. The van der Waals surface area contributed by atoms with E-state index in [2.05, 4.69) is 15.3 Å². The topological polar surface area (TPSA) is 89.3 Å². The average molecular weight is 477 g/mol. The van der Waals surface area contributed by atoms with Crippen molar-refractivity contribution < 1.29 is 18.6 Å². The van der Waals surface area contributed by atoms with Gasteiger partial charge in [0.15, 0.2) is 0 Å². The number of ether oxygens (including phenoxy) is 1. The van der Waals surface area contributed by atoms with Gasteiger partial charge in [-0.1, -0.05) is 17.7 Å². The van der Waals surface area contributed by atoms with E-state index in [4.69, 9.17) is 16.3 Å². The zero-order valence-electron chi connectivity index (χ0n) is 17.6. The van der Waals surface area contributed by atoms with Gasteiger partial charge >= 0.3 is 0 Å². The first-order valence-corrected chi connectivity index (χ1v) is 10.9. The smallest absolute Gasteiger partial charge is 0.251 e. The van der Waals surface area contributed by atoms with Crippen LogP contribution >= 0.6 is 11.6 Å². The van der Waals surface area contributed by atoms with Crippen molar-refractivity contribution in [1.29, 1.82) is 0 Å². The molecule has 0 saturated carbocycles. The molecule has 2 aromatic heterocycles. The Kier molecular flexibility index (Phi) is 7.32. The molecule has 0 bridgehead atoms. The Labute approximate surface area is 194 Å². The van der Waals surface area contributed by atoms with Crippen molar-refractivity contribution in [2.24, 2.45) is 0 Å². The Hall–Kier alpha value is -2.88. The summed E-state index contributed by atoms with van der Waals surface area (Å²) in [5, 5.41) is 12.5. The molecule has 2 N–H and O–H groups in total. The predicted molar refractivity (Wildman–Crippen MR) is 121 cm³/mol. The minimum atomic E-state index is -1.16. The maximum Gasteiger partial charge on any atom is 0.251 e. The minimum Gasteiger partial charge on any atom is -0.396 e. The van der Waals surface area contributed by atoms with Gasteiger partial charge in [0, 0.05) is 37.2 Å². The van der Waals surface area contributed by atoms with Gasteiger partial charge < -0.3 is 19.7 Å². The molecule has 7 nitrogen and oxygen atoms in total. The highest BCUT2D eigenvalue weighted by Crippen LogP contribution is 2.26. The van der Waals surface area contributed by atoms with Crippen molar-refractivity contribution in [3.05, 3.63) is 75.5 Å². The predicted octanol–water partition coefficient (Wildman–Crippen LogP) is 3.61. The number of halogens is 3. The standard InChI is InChI=1S/C23H23ClF2N4O3/c24-16-2-1-15(11-17(16)25)21(5-9-31)30-8-4-14(12-22(30)32)19-3-7-27-23(28-19)29-20-6-10-33-13-18(20)26/h1-4,7-8,11-12,18,20-21,31H,5-6,9-10,13H2,(H,27,28,29)/t18-,20+,21-/m1/s1. The van der Waals surface area contributed by atoms with Crippen LogP contribution in [0.1, 0.15) is 24.4 Å². The summed E-state index contributed by atoms with van der Waals surface area (Å²) in [5.41, 5.74) is 1.22. The number of nitrogens with one attached hydrogen (secondary N) is 1. The molecule has 0 radical (unpaired) electrons. The van der Waals surface area contributed by atoms with Crippen molar-refractivity contribution in [3.8, 4) is 11.3 Å². The number of aliphatic hydroxyl groups is 1.